The molecular formula is C16H20N2O3. The average molecular weight is 288 g/mol. The number of carboxylic acids is 1. The minimum atomic E-state index is -1.03. The van der Waals surface area contributed by atoms with Gasteiger partial charge in [0.1, 0.15) is 17.1 Å². The van der Waals surface area contributed by atoms with E-state index in [1.54, 1.807) is 20.2 Å². The molecule has 112 valence electrons. The van der Waals surface area contributed by atoms with Crippen LogP contribution in [0.3, 0.4) is 0 Å². The largest absolute Gasteiger partial charge is 0.497 e. The van der Waals surface area contributed by atoms with Gasteiger partial charge in [-0.3, -0.25) is 0 Å². The van der Waals surface area contributed by atoms with Crippen molar-refractivity contribution in [3.63, 3.8) is 0 Å². The molecule has 0 aliphatic carbocycles. The molecule has 5 heteroatoms. The van der Waals surface area contributed by atoms with Crippen LogP contribution in [0, 0.1) is 0 Å². The third kappa shape index (κ3) is 3.07. The molecule has 0 amide bonds. The Hall–Kier alpha value is -2.30. The lowest BCUT2D eigenvalue weighted by Gasteiger charge is -2.27. The molecule has 0 fully saturated rings. The summed E-state index contributed by atoms with van der Waals surface area (Å²) in [7, 11) is 1.62. The van der Waals surface area contributed by atoms with Crippen molar-refractivity contribution < 1.29 is 14.6 Å². The van der Waals surface area contributed by atoms with Gasteiger partial charge in [-0.1, -0.05) is 13.3 Å². The third-order valence-corrected chi connectivity index (χ3v) is 3.59. The van der Waals surface area contributed by atoms with Gasteiger partial charge in [0.05, 0.1) is 7.11 Å². The summed E-state index contributed by atoms with van der Waals surface area (Å²) in [6, 6.07) is 7.51. The van der Waals surface area contributed by atoms with E-state index in [2.05, 4.69) is 10.3 Å². The van der Waals surface area contributed by atoms with Crippen molar-refractivity contribution in [2.75, 3.05) is 12.4 Å². The second-order valence-corrected chi connectivity index (χ2v) is 5.26. The molecule has 0 saturated heterocycles. The van der Waals surface area contributed by atoms with Crippen molar-refractivity contribution in [2.45, 2.75) is 32.2 Å². The quantitative estimate of drug-likeness (QED) is 0.853. The molecule has 5 nitrogen and oxygen atoms in total. The monoisotopic (exact) mass is 288 g/mol. The van der Waals surface area contributed by atoms with Gasteiger partial charge >= 0.3 is 5.97 Å². The lowest BCUT2D eigenvalue weighted by Crippen LogP contribution is -2.43. The normalized spacial score (nSPS) is 13.7. The zero-order valence-electron chi connectivity index (χ0n) is 12.5. The number of methoxy groups -OCH3 is 1. The number of hydrogen-bond acceptors (Lipinski definition) is 4. The number of rotatable bonds is 6. The van der Waals surface area contributed by atoms with E-state index in [9.17, 15) is 9.90 Å². The van der Waals surface area contributed by atoms with Crippen LogP contribution < -0.4 is 10.1 Å². The molecule has 1 unspecified atom stereocenters. The first-order valence-electron chi connectivity index (χ1n) is 6.94. The van der Waals surface area contributed by atoms with Crippen LogP contribution in [-0.2, 0) is 4.79 Å². The molecule has 0 aliphatic heterocycles. The summed E-state index contributed by atoms with van der Waals surface area (Å²) >= 11 is 0. The first-order valence-corrected chi connectivity index (χ1v) is 6.94. The molecule has 0 radical (unpaired) electrons. The Morgan fingerprint density at radius 3 is 2.81 bits per heavy atom. The summed E-state index contributed by atoms with van der Waals surface area (Å²) in [6.07, 6.45) is 2.96. The SMILES string of the molecule is CCCC(C)(Nc1nccc2cc(OC)ccc12)C(=O)O. The number of fused-ring (bicyclic) bond motifs is 1. The second-order valence-electron chi connectivity index (χ2n) is 5.26. The van der Waals surface area contributed by atoms with E-state index >= 15 is 0 Å². The molecular weight excluding hydrogens is 268 g/mol. The Morgan fingerprint density at radius 2 is 2.19 bits per heavy atom. The number of nitrogens with one attached hydrogen (secondary N) is 1. The standard InChI is InChI=1S/C16H20N2O3/c1-4-8-16(2,15(19)20)18-14-13-6-5-12(21-3)10-11(13)7-9-17-14/h5-7,9-10H,4,8H2,1-3H3,(H,17,18)(H,19,20). The zero-order valence-corrected chi connectivity index (χ0v) is 12.5. The number of ether oxygens (including phenoxy) is 1. The van der Waals surface area contributed by atoms with Crippen molar-refractivity contribution in [1.29, 1.82) is 0 Å². The highest BCUT2D eigenvalue weighted by molar-refractivity contribution is 5.94. The number of carbonyl (C=O) groups is 1. The predicted molar refractivity (Wildman–Crippen MR) is 82.9 cm³/mol. The number of carboxylic acid groups (broad SMARTS) is 1. The van der Waals surface area contributed by atoms with Crippen LogP contribution in [0.1, 0.15) is 26.7 Å². The second kappa shape index (κ2) is 5.99. The van der Waals surface area contributed by atoms with Crippen LogP contribution in [-0.4, -0.2) is 28.7 Å². The molecule has 0 spiro atoms. The minimum absolute atomic E-state index is 0.524. The predicted octanol–water partition coefficient (Wildman–Crippen LogP) is 3.30. The number of nitrogens with zero attached hydrogens (tertiary/aromatic N) is 1. The van der Waals surface area contributed by atoms with Crippen LogP contribution in [0.5, 0.6) is 5.75 Å². The van der Waals surface area contributed by atoms with E-state index in [0.29, 0.717) is 12.2 Å². The lowest BCUT2D eigenvalue weighted by atomic mass is 9.96. The average Bonchev–Trinajstić information content (AvgIpc) is 2.47. The molecule has 21 heavy (non-hydrogen) atoms. The molecule has 1 heterocycles. The van der Waals surface area contributed by atoms with Crippen molar-refractivity contribution in [3.05, 3.63) is 30.5 Å². The molecule has 2 aromatic rings. The van der Waals surface area contributed by atoms with E-state index < -0.39 is 11.5 Å². The highest BCUT2D eigenvalue weighted by Gasteiger charge is 2.32. The number of aliphatic carboxylic acids is 1. The summed E-state index contributed by atoms with van der Waals surface area (Å²) in [6.45, 7) is 3.65. The van der Waals surface area contributed by atoms with E-state index in [-0.39, 0.29) is 0 Å². The summed E-state index contributed by atoms with van der Waals surface area (Å²) in [4.78, 5) is 15.8. The molecule has 2 rings (SSSR count). The number of pyridine rings is 1. The summed E-state index contributed by atoms with van der Waals surface area (Å²) < 4.78 is 5.20. The van der Waals surface area contributed by atoms with Crippen LogP contribution in [0.15, 0.2) is 30.5 Å². The van der Waals surface area contributed by atoms with E-state index in [1.165, 1.54) is 0 Å². The Balaban J connectivity index is 2.44. The Morgan fingerprint density at radius 1 is 1.43 bits per heavy atom. The fourth-order valence-electron chi connectivity index (χ4n) is 2.37. The molecule has 0 aliphatic rings. The van der Waals surface area contributed by atoms with Gasteiger partial charge in [-0.05, 0) is 43.0 Å². The summed E-state index contributed by atoms with van der Waals surface area (Å²) in [5.74, 6) is 0.458. The molecule has 2 N–H and O–H groups in total. The van der Waals surface area contributed by atoms with Gasteiger partial charge in [0.15, 0.2) is 0 Å². The van der Waals surface area contributed by atoms with Crippen molar-refractivity contribution in [2.24, 2.45) is 0 Å². The van der Waals surface area contributed by atoms with Gasteiger partial charge in [0.2, 0.25) is 0 Å². The van der Waals surface area contributed by atoms with Gasteiger partial charge in [-0.15, -0.1) is 0 Å². The van der Waals surface area contributed by atoms with Crippen molar-refractivity contribution >= 4 is 22.6 Å². The summed E-state index contributed by atoms with van der Waals surface area (Å²) in [5.41, 5.74) is -1.03. The molecule has 0 saturated carbocycles. The van der Waals surface area contributed by atoms with Crippen LogP contribution in [0.25, 0.3) is 10.8 Å². The topological polar surface area (TPSA) is 71.5 Å². The number of aromatic nitrogens is 1. The number of benzene rings is 1. The first kappa shape index (κ1) is 15.1. The lowest BCUT2D eigenvalue weighted by molar-refractivity contribution is -0.142. The van der Waals surface area contributed by atoms with Crippen LogP contribution >= 0.6 is 0 Å². The third-order valence-electron chi connectivity index (χ3n) is 3.59. The van der Waals surface area contributed by atoms with E-state index in [4.69, 9.17) is 4.74 Å². The Labute approximate surface area is 124 Å². The highest BCUT2D eigenvalue weighted by Crippen LogP contribution is 2.28. The van der Waals surface area contributed by atoms with Crippen LogP contribution in [0.4, 0.5) is 5.82 Å². The fraction of sp³-hybridized carbons (Fsp3) is 0.375. The number of hydrogen-bond donors (Lipinski definition) is 2. The smallest absolute Gasteiger partial charge is 0.329 e. The molecule has 1 atom stereocenters. The highest BCUT2D eigenvalue weighted by atomic mass is 16.5. The molecule has 0 bridgehead atoms. The minimum Gasteiger partial charge on any atom is -0.497 e. The van der Waals surface area contributed by atoms with Gasteiger partial charge in [-0.2, -0.15) is 0 Å². The van der Waals surface area contributed by atoms with E-state index in [1.807, 2.05) is 31.2 Å². The van der Waals surface area contributed by atoms with Gasteiger partial charge in [0.25, 0.3) is 0 Å². The zero-order chi connectivity index (χ0) is 15.5. The first-order chi connectivity index (χ1) is 10.00. The van der Waals surface area contributed by atoms with Gasteiger partial charge in [0, 0.05) is 11.6 Å². The summed E-state index contributed by atoms with van der Waals surface area (Å²) in [5, 5.41) is 14.4. The fourth-order valence-corrected chi connectivity index (χ4v) is 2.37. The molecule has 1 aromatic heterocycles. The van der Waals surface area contributed by atoms with Crippen LogP contribution in [0.2, 0.25) is 0 Å². The Bertz CT molecular complexity index is 657. The maximum Gasteiger partial charge on any atom is 0.329 e. The maximum atomic E-state index is 11.5. The Kier molecular flexibility index (Phi) is 4.31. The van der Waals surface area contributed by atoms with Crippen molar-refractivity contribution in [3.8, 4) is 5.75 Å². The van der Waals surface area contributed by atoms with Gasteiger partial charge in [-0.25, -0.2) is 9.78 Å². The molecule has 1 aromatic carbocycles. The van der Waals surface area contributed by atoms with Crippen molar-refractivity contribution in [1.82, 2.24) is 4.98 Å². The van der Waals surface area contributed by atoms with Gasteiger partial charge < -0.3 is 15.2 Å². The van der Waals surface area contributed by atoms with E-state index in [0.717, 1.165) is 22.9 Å². The number of anilines is 1. The maximum absolute atomic E-state index is 11.5.